The lowest BCUT2D eigenvalue weighted by Gasteiger charge is -2.19. The van der Waals surface area contributed by atoms with Gasteiger partial charge in [0, 0.05) is 0 Å². The standard InChI is InChI=1S/C35H62O3/c1-5-9-13-17-21-25-31-32(26-22-18-14-10-6-2)34(37-29-23-19-15-11-7-3)28-27-33(31)35(36)38-30-24-20-16-12-8-4/h27-28H,5-26,29-30H2,1-4H3. The van der Waals surface area contributed by atoms with Crippen LogP contribution in [0.5, 0.6) is 5.75 Å². The quantitative estimate of drug-likeness (QED) is 0.0882. The lowest BCUT2D eigenvalue weighted by molar-refractivity contribution is 0.0496. The van der Waals surface area contributed by atoms with E-state index in [1.54, 1.807) is 0 Å². The molecule has 3 heteroatoms. The summed E-state index contributed by atoms with van der Waals surface area (Å²) in [5, 5.41) is 0. The molecule has 3 nitrogen and oxygen atoms in total. The zero-order chi connectivity index (χ0) is 27.7. The van der Waals surface area contributed by atoms with Gasteiger partial charge in [-0.05, 0) is 61.8 Å². The predicted octanol–water partition coefficient (Wildman–Crippen LogP) is 11.2. The minimum Gasteiger partial charge on any atom is -0.493 e. The van der Waals surface area contributed by atoms with E-state index in [0.717, 1.165) is 62.9 Å². The number of hydrogen-bond donors (Lipinski definition) is 0. The summed E-state index contributed by atoms with van der Waals surface area (Å²) in [4.78, 5) is 13.3. The molecule has 0 heterocycles. The Kier molecular flexibility index (Phi) is 22.3. The van der Waals surface area contributed by atoms with E-state index in [-0.39, 0.29) is 5.97 Å². The van der Waals surface area contributed by atoms with Crippen LogP contribution >= 0.6 is 0 Å². The summed E-state index contributed by atoms with van der Waals surface area (Å²) in [6, 6.07) is 4.06. The molecule has 0 bridgehead atoms. The van der Waals surface area contributed by atoms with Gasteiger partial charge in [0.2, 0.25) is 0 Å². The number of benzene rings is 1. The Labute approximate surface area is 236 Å². The number of esters is 1. The van der Waals surface area contributed by atoms with Gasteiger partial charge in [0.1, 0.15) is 5.75 Å². The molecule has 0 aromatic heterocycles. The Balaban J connectivity index is 3.01. The highest BCUT2D eigenvalue weighted by Crippen LogP contribution is 2.31. The number of hydrogen-bond acceptors (Lipinski definition) is 3. The van der Waals surface area contributed by atoms with Crippen LogP contribution in [0.25, 0.3) is 0 Å². The molecule has 1 rings (SSSR count). The summed E-state index contributed by atoms with van der Waals surface area (Å²) < 4.78 is 12.2. The minimum atomic E-state index is -0.137. The van der Waals surface area contributed by atoms with Crippen LogP contribution in [-0.4, -0.2) is 19.2 Å². The van der Waals surface area contributed by atoms with Crippen molar-refractivity contribution in [1.29, 1.82) is 0 Å². The summed E-state index contributed by atoms with van der Waals surface area (Å²) in [5.41, 5.74) is 3.27. The first-order chi connectivity index (χ1) is 18.7. The van der Waals surface area contributed by atoms with Crippen molar-refractivity contribution in [3.05, 3.63) is 28.8 Å². The third kappa shape index (κ3) is 15.8. The average molecular weight is 531 g/mol. The minimum absolute atomic E-state index is 0.137. The summed E-state index contributed by atoms with van der Waals surface area (Å²) in [6.45, 7) is 10.3. The van der Waals surface area contributed by atoms with Gasteiger partial charge < -0.3 is 9.47 Å². The lowest BCUT2D eigenvalue weighted by Crippen LogP contribution is -2.13. The lowest BCUT2D eigenvalue weighted by atomic mass is 9.91. The van der Waals surface area contributed by atoms with Crippen molar-refractivity contribution >= 4 is 5.97 Å². The maximum Gasteiger partial charge on any atom is 0.338 e. The Morgan fingerprint density at radius 1 is 0.526 bits per heavy atom. The molecule has 1 aromatic rings. The number of unbranched alkanes of at least 4 members (excludes halogenated alkanes) is 16. The topological polar surface area (TPSA) is 35.5 Å². The maximum absolute atomic E-state index is 13.3. The summed E-state index contributed by atoms with van der Waals surface area (Å²) in [7, 11) is 0. The largest absolute Gasteiger partial charge is 0.493 e. The van der Waals surface area contributed by atoms with Gasteiger partial charge >= 0.3 is 5.97 Å². The second kappa shape index (κ2) is 24.5. The fourth-order valence-electron chi connectivity index (χ4n) is 5.20. The van der Waals surface area contributed by atoms with Crippen LogP contribution in [0.1, 0.15) is 178 Å². The van der Waals surface area contributed by atoms with E-state index < -0.39 is 0 Å². The highest BCUT2D eigenvalue weighted by molar-refractivity contribution is 5.92. The second-order valence-corrected chi connectivity index (χ2v) is 11.2. The van der Waals surface area contributed by atoms with E-state index in [4.69, 9.17) is 9.47 Å². The fraction of sp³-hybridized carbons (Fsp3) is 0.800. The molecule has 38 heavy (non-hydrogen) atoms. The monoisotopic (exact) mass is 530 g/mol. The Morgan fingerprint density at radius 3 is 1.50 bits per heavy atom. The van der Waals surface area contributed by atoms with Gasteiger partial charge in [-0.25, -0.2) is 4.79 Å². The number of carbonyl (C=O) groups excluding carboxylic acids is 1. The number of ether oxygens (including phenoxy) is 2. The zero-order valence-corrected chi connectivity index (χ0v) is 25.9. The van der Waals surface area contributed by atoms with Crippen molar-refractivity contribution < 1.29 is 14.3 Å². The molecule has 0 unspecified atom stereocenters. The van der Waals surface area contributed by atoms with Crippen molar-refractivity contribution in [2.45, 2.75) is 169 Å². The highest BCUT2D eigenvalue weighted by atomic mass is 16.5. The molecule has 0 saturated heterocycles. The van der Waals surface area contributed by atoms with E-state index in [0.29, 0.717) is 6.61 Å². The summed E-state index contributed by atoms with van der Waals surface area (Å²) >= 11 is 0. The van der Waals surface area contributed by atoms with Crippen LogP contribution in [-0.2, 0) is 17.6 Å². The molecule has 0 saturated carbocycles. The molecule has 0 aliphatic heterocycles. The fourth-order valence-corrected chi connectivity index (χ4v) is 5.20. The zero-order valence-electron chi connectivity index (χ0n) is 25.9. The van der Waals surface area contributed by atoms with E-state index in [1.165, 1.54) is 107 Å². The van der Waals surface area contributed by atoms with Gasteiger partial charge in [-0.2, -0.15) is 0 Å². The Bertz CT molecular complexity index is 697. The molecule has 0 aliphatic carbocycles. The van der Waals surface area contributed by atoms with Crippen molar-refractivity contribution in [2.24, 2.45) is 0 Å². The van der Waals surface area contributed by atoms with Crippen molar-refractivity contribution in [3.8, 4) is 5.75 Å². The van der Waals surface area contributed by atoms with Crippen LogP contribution in [0.4, 0.5) is 0 Å². The van der Waals surface area contributed by atoms with Crippen LogP contribution in [0.3, 0.4) is 0 Å². The summed E-state index contributed by atoms with van der Waals surface area (Å²) in [5.74, 6) is 0.873. The van der Waals surface area contributed by atoms with Crippen LogP contribution < -0.4 is 4.74 Å². The third-order valence-corrected chi connectivity index (χ3v) is 7.66. The molecular formula is C35H62O3. The highest BCUT2D eigenvalue weighted by Gasteiger charge is 2.20. The first-order valence-corrected chi connectivity index (χ1v) is 16.6. The second-order valence-electron chi connectivity index (χ2n) is 11.2. The Morgan fingerprint density at radius 2 is 0.974 bits per heavy atom. The van der Waals surface area contributed by atoms with Crippen LogP contribution in [0.2, 0.25) is 0 Å². The molecule has 0 spiro atoms. The maximum atomic E-state index is 13.3. The number of carbonyl (C=O) groups is 1. The van der Waals surface area contributed by atoms with Crippen LogP contribution in [0.15, 0.2) is 12.1 Å². The third-order valence-electron chi connectivity index (χ3n) is 7.66. The van der Waals surface area contributed by atoms with Gasteiger partial charge in [-0.3, -0.25) is 0 Å². The molecule has 0 radical (unpaired) electrons. The van der Waals surface area contributed by atoms with Gasteiger partial charge in [0.05, 0.1) is 18.8 Å². The first kappa shape index (κ1) is 34.5. The van der Waals surface area contributed by atoms with Crippen molar-refractivity contribution in [2.75, 3.05) is 13.2 Å². The van der Waals surface area contributed by atoms with E-state index in [2.05, 4.69) is 33.8 Å². The van der Waals surface area contributed by atoms with Gasteiger partial charge in [0.25, 0.3) is 0 Å². The normalized spacial score (nSPS) is 11.2. The molecule has 0 fully saturated rings. The van der Waals surface area contributed by atoms with E-state index >= 15 is 0 Å². The first-order valence-electron chi connectivity index (χ1n) is 16.6. The molecule has 1 aromatic carbocycles. The van der Waals surface area contributed by atoms with Gasteiger partial charge in [-0.15, -0.1) is 0 Å². The molecular weight excluding hydrogens is 468 g/mol. The van der Waals surface area contributed by atoms with Crippen molar-refractivity contribution in [1.82, 2.24) is 0 Å². The molecule has 0 atom stereocenters. The van der Waals surface area contributed by atoms with Crippen molar-refractivity contribution in [3.63, 3.8) is 0 Å². The molecule has 0 amide bonds. The Hall–Kier alpha value is -1.51. The molecule has 0 aliphatic rings. The predicted molar refractivity (Wildman–Crippen MR) is 165 cm³/mol. The molecule has 0 N–H and O–H groups in total. The summed E-state index contributed by atoms with van der Waals surface area (Å²) in [6.07, 6.45) is 26.4. The number of rotatable bonds is 26. The van der Waals surface area contributed by atoms with Crippen LogP contribution in [0, 0.1) is 0 Å². The van der Waals surface area contributed by atoms with E-state index in [9.17, 15) is 4.79 Å². The molecule has 220 valence electrons. The average Bonchev–Trinajstić information content (AvgIpc) is 2.92. The van der Waals surface area contributed by atoms with Gasteiger partial charge in [-0.1, -0.05) is 130 Å². The SMILES string of the molecule is CCCCCCCOC(=O)c1ccc(OCCCCCCC)c(CCCCCCC)c1CCCCCCC. The van der Waals surface area contributed by atoms with Gasteiger partial charge in [0.15, 0.2) is 0 Å². The van der Waals surface area contributed by atoms with E-state index in [1.807, 2.05) is 6.07 Å². The smallest absolute Gasteiger partial charge is 0.338 e.